The first-order valence-corrected chi connectivity index (χ1v) is 9.58. The number of nitrogens with zero attached hydrogens (tertiary/aromatic N) is 1. The number of amides is 1. The Bertz CT molecular complexity index is 844. The van der Waals surface area contributed by atoms with E-state index >= 15 is 0 Å². The summed E-state index contributed by atoms with van der Waals surface area (Å²) in [4.78, 5) is 25.8. The zero-order chi connectivity index (χ0) is 21.2. The highest BCUT2D eigenvalue weighted by atomic mass is 16.5. The molecule has 0 aliphatic heterocycles. The lowest BCUT2D eigenvalue weighted by molar-refractivity contribution is 0.0734. The fraction of sp³-hybridized carbons (Fsp3) is 0.250. The van der Waals surface area contributed by atoms with Gasteiger partial charge >= 0.3 is 12.1 Å². The van der Waals surface area contributed by atoms with Gasteiger partial charge in [0, 0.05) is 12.1 Å². The molecule has 2 rings (SSSR count). The summed E-state index contributed by atoms with van der Waals surface area (Å²) in [6.45, 7) is 7.80. The van der Waals surface area contributed by atoms with E-state index in [-0.39, 0.29) is 18.2 Å². The standard InChI is InChI=1S/C24H27NO4/c1-18(2)25(19(3)4)24(27)28-17-9-8-10-20-13-15-22(16-14-20)29-23(26)21-11-6-5-7-12-21/h5-19H,1-4H3/b10-8+,17-9+. The van der Waals surface area contributed by atoms with Crippen molar-refractivity contribution in [1.29, 1.82) is 0 Å². The molecule has 5 heteroatoms. The molecule has 0 fully saturated rings. The zero-order valence-corrected chi connectivity index (χ0v) is 17.2. The summed E-state index contributed by atoms with van der Waals surface area (Å²) >= 11 is 0. The van der Waals surface area contributed by atoms with Crippen molar-refractivity contribution in [3.63, 3.8) is 0 Å². The summed E-state index contributed by atoms with van der Waals surface area (Å²) in [6, 6.07) is 16.1. The van der Waals surface area contributed by atoms with Crippen molar-refractivity contribution in [2.75, 3.05) is 0 Å². The van der Waals surface area contributed by atoms with Crippen LogP contribution in [0.1, 0.15) is 43.6 Å². The van der Waals surface area contributed by atoms with Crippen molar-refractivity contribution in [3.8, 4) is 5.75 Å². The lowest BCUT2D eigenvalue weighted by atomic mass is 10.2. The van der Waals surface area contributed by atoms with Crippen LogP contribution >= 0.6 is 0 Å². The van der Waals surface area contributed by atoms with E-state index in [0.29, 0.717) is 11.3 Å². The maximum Gasteiger partial charge on any atom is 0.415 e. The molecule has 0 bridgehead atoms. The Morgan fingerprint density at radius 2 is 1.48 bits per heavy atom. The van der Waals surface area contributed by atoms with Crippen LogP contribution in [-0.2, 0) is 4.74 Å². The third-order valence-corrected chi connectivity index (χ3v) is 4.07. The van der Waals surface area contributed by atoms with Crippen molar-refractivity contribution >= 4 is 18.1 Å². The summed E-state index contributed by atoms with van der Waals surface area (Å²) in [6.07, 6.45) is 6.28. The summed E-state index contributed by atoms with van der Waals surface area (Å²) in [7, 11) is 0. The predicted octanol–water partition coefficient (Wildman–Crippen LogP) is 5.69. The normalized spacial score (nSPS) is 11.4. The number of ether oxygens (including phenoxy) is 2. The van der Waals surface area contributed by atoms with Crippen LogP contribution in [0.2, 0.25) is 0 Å². The first-order valence-electron chi connectivity index (χ1n) is 9.58. The molecule has 0 unspecified atom stereocenters. The molecule has 0 spiro atoms. The summed E-state index contributed by atoms with van der Waals surface area (Å²) in [5.41, 5.74) is 1.43. The van der Waals surface area contributed by atoms with Crippen LogP contribution in [0.4, 0.5) is 4.79 Å². The minimum Gasteiger partial charge on any atom is -0.423 e. The molecular formula is C24H27NO4. The van der Waals surface area contributed by atoms with Crippen LogP contribution in [0.25, 0.3) is 6.08 Å². The van der Waals surface area contributed by atoms with E-state index in [4.69, 9.17) is 9.47 Å². The molecule has 0 aromatic heterocycles. The second kappa shape index (κ2) is 10.9. The highest BCUT2D eigenvalue weighted by Crippen LogP contribution is 2.15. The number of rotatable bonds is 7. The average Bonchev–Trinajstić information content (AvgIpc) is 2.69. The van der Waals surface area contributed by atoms with E-state index in [1.807, 2.05) is 52.0 Å². The number of allylic oxidation sites excluding steroid dienone is 2. The summed E-state index contributed by atoms with van der Waals surface area (Å²) < 4.78 is 10.5. The van der Waals surface area contributed by atoms with Crippen LogP contribution in [0.3, 0.4) is 0 Å². The van der Waals surface area contributed by atoms with E-state index in [2.05, 4.69) is 0 Å². The molecule has 1 amide bonds. The fourth-order valence-corrected chi connectivity index (χ4v) is 2.78. The third kappa shape index (κ3) is 6.96. The van der Waals surface area contributed by atoms with E-state index in [9.17, 15) is 9.59 Å². The average molecular weight is 393 g/mol. The van der Waals surface area contributed by atoms with Crippen LogP contribution in [0.15, 0.2) is 73.0 Å². The molecular weight excluding hydrogens is 366 g/mol. The van der Waals surface area contributed by atoms with E-state index < -0.39 is 5.97 Å². The molecule has 29 heavy (non-hydrogen) atoms. The second-order valence-corrected chi connectivity index (χ2v) is 6.99. The Hall–Kier alpha value is -3.34. The SMILES string of the molecule is CC(C)N(C(=O)O/C=C/C=C/c1ccc(OC(=O)c2ccccc2)cc1)C(C)C. The molecule has 0 heterocycles. The van der Waals surface area contributed by atoms with Crippen LogP contribution in [0.5, 0.6) is 5.75 Å². The van der Waals surface area contributed by atoms with Crippen molar-refractivity contribution in [1.82, 2.24) is 4.90 Å². The zero-order valence-electron chi connectivity index (χ0n) is 17.2. The van der Waals surface area contributed by atoms with Crippen molar-refractivity contribution in [2.45, 2.75) is 39.8 Å². The van der Waals surface area contributed by atoms with E-state index in [1.165, 1.54) is 6.26 Å². The van der Waals surface area contributed by atoms with Crippen molar-refractivity contribution < 1.29 is 19.1 Å². The predicted molar refractivity (Wildman–Crippen MR) is 115 cm³/mol. The molecule has 5 nitrogen and oxygen atoms in total. The van der Waals surface area contributed by atoms with E-state index in [1.54, 1.807) is 53.5 Å². The van der Waals surface area contributed by atoms with Gasteiger partial charge in [0.25, 0.3) is 0 Å². The van der Waals surface area contributed by atoms with Crippen LogP contribution < -0.4 is 4.74 Å². The van der Waals surface area contributed by atoms with Gasteiger partial charge in [-0.1, -0.05) is 42.5 Å². The maximum atomic E-state index is 12.1. The van der Waals surface area contributed by atoms with Gasteiger partial charge in [0.1, 0.15) is 5.75 Å². The second-order valence-electron chi connectivity index (χ2n) is 6.99. The first-order chi connectivity index (χ1) is 13.9. The summed E-state index contributed by atoms with van der Waals surface area (Å²) in [5.74, 6) is 0.0819. The van der Waals surface area contributed by atoms with Crippen LogP contribution in [-0.4, -0.2) is 29.0 Å². The van der Waals surface area contributed by atoms with Gasteiger partial charge in [-0.25, -0.2) is 9.59 Å². The number of hydrogen-bond donors (Lipinski definition) is 0. The molecule has 2 aromatic carbocycles. The van der Waals surface area contributed by atoms with Gasteiger partial charge in [0.05, 0.1) is 11.8 Å². The molecule has 0 N–H and O–H groups in total. The molecule has 0 aliphatic carbocycles. The number of carbonyl (C=O) groups excluding carboxylic acids is 2. The van der Waals surface area contributed by atoms with Gasteiger partial charge in [-0.15, -0.1) is 0 Å². The highest BCUT2D eigenvalue weighted by Gasteiger charge is 2.20. The third-order valence-electron chi connectivity index (χ3n) is 4.07. The molecule has 0 radical (unpaired) electrons. The number of esters is 1. The number of hydrogen-bond acceptors (Lipinski definition) is 4. The molecule has 0 atom stereocenters. The lowest BCUT2D eigenvalue weighted by Gasteiger charge is -2.28. The summed E-state index contributed by atoms with van der Waals surface area (Å²) in [5, 5.41) is 0. The Kier molecular flexibility index (Phi) is 8.22. The van der Waals surface area contributed by atoms with Crippen molar-refractivity contribution in [3.05, 3.63) is 84.1 Å². The van der Waals surface area contributed by atoms with Gasteiger partial charge in [-0.3, -0.25) is 0 Å². The minimum absolute atomic E-state index is 0.0703. The topological polar surface area (TPSA) is 55.8 Å². The molecule has 0 saturated heterocycles. The fourth-order valence-electron chi connectivity index (χ4n) is 2.78. The number of benzene rings is 2. The quantitative estimate of drug-likeness (QED) is 0.262. The van der Waals surface area contributed by atoms with Gasteiger partial charge in [0.2, 0.25) is 0 Å². The lowest BCUT2D eigenvalue weighted by Crippen LogP contribution is -2.41. The van der Waals surface area contributed by atoms with E-state index in [0.717, 1.165) is 5.56 Å². The van der Waals surface area contributed by atoms with Gasteiger partial charge in [0.15, 0.2) is 0 Å². The van der Waals surface area contributed by atoms with Gasteiger partial charge < -0.3 is 14.4 Å². The maximum absolute atomic E-state index is 12.1. The highest BCUT2D eigenvalue weighted by molar-refractivity contribution is 5.90. The van der Waals surface area contributed by atoms with Crippen molar-refractivity contribution in [2.24, 2.45) is 0 Å². The molecule has 0 aliphatic rings. The Balaban J connectivity index is 1.86. The minimum atomic E-state index is -0.393. The molecule has 0 saturated carbocycles. The monoisotopic (exact) mass is 393 g/mol. The largest absolute Gasteiger partial charge is 0.423 e. The van der Waals surface area contributed by atoms with Crippen LogP contribution in [0, 0.1) is 0 Å². The van der Waals surface area contributed by atoms with Gasteiger partial charge in [-0.05, 0) is 63.6 Å². The Morgan fingerprint density at radius 3 is 2.07 bits per heavy atom. The molecule has 2 aromatic rings. The smallest absolute Gasteiger partial charge is 0.415 e. The Labute approximate surface area is 172 Å². The first kappa shape index (κ1) is 22.0. The van der Waals surface area contributed by atoms with Gasteiger partial charge in [-0.2, -0.15) is 0 Å². The Morgan fingerprint density at radius 1 is 0.862 bits per heavy atom. The number of carbonyl (C=O) groups is 2. The molecule has 152 valence electrons.